The summed E-state index contributed by atoms with van der Waals surface area (Å²) in [5.74, 6) is -2.66. The monoisotopic (exact) mass is 381 g/mol. The molecule has 118 valence electrons. The number of ether oxygens (including phenoxy) is 2. The van der Waals surface area contributed by atoms with Crippen LogP contribution >= 0.6 is 15.9 Å². The number of rotatable bonds is 4. The van der Waals surface area contributed by atoms with Gasteiger partial charge in [0.15, 0.2) is 11.5 Å². The average molecular weight is 382 g/mol. The third kappa shape index (κ3) is 3.85. The maximum atomic E-state index is 13.6. The lowest BCUT2D eigenvalue weighted by Crippen LogP contribution is -2.12. The van der Waals surface area contributed by atoms with E-state index in [1.165, 1.54) is 12.1 Å². The van der Waals surface area contributed by atoms with Crippen molar-refractivity contribution in [2.45, 2.75) is 6.92 Å². The Morgan fingerprint density at radius 2 is 2.04 bits per heavy atom. The van der Waals surface area contributed by atoms with Crippen molar-refractivity contribution < 1.29 is 23.0 Å². The second-order valence-corrected chi connectivity index (χ2v) is 5.20. The van der Waals surface area contributed by atoms with Crippen molar-refractivity contribution in [3.05, 3.63) is 57.6 Å². The Kier molecular flexibility index (Phi) is 5.29. The summed E-state index contributed by atoms with van der Waals surface area (Å²) in [6.07, 6.45) is 0. The molecule has 0 N–H and O–H groups in total. The fourth-order valence-electron chi connectivity index (χ4n) is 1.80. The summed E-state index contributed by atoms with van der Waals surface area (Å²) < 4.78 is 37.3. The zero-order valence-electron chi connectivity index (χ0n) is 11.9. The van der Waals surface area contributed by atoms with E-state index in [0.29, 0.717) is 16.1 Å². The normalized spacial score (nSPS) is 10.0. The van der Waals surface area contributed by atoms with E-state index in [4.69, 9.17) is 14.7 Å². The summed E-state index contributed by atoms with van der Waals surface area (Å²) >= 11 is 3.18. The second kappa shape index (κ2) is 7.20. The zero-order valence-corrected chi connectivity index (χ0v) is 13.5. The molecule has 0 aliphatic carbocycles. The van der Waals surface area contributed by atoms with Crippen molar-refractivity contribution in [3.8, 4) is 17.6 Å². The van der Waals surface area contributed by atoms with E-state index in [2.05, 4.69) is 15.9 Å². The first kappa shape index (κ1) is 16.9. The Balaban J connectivity index is 2.39. The van der Waals surface area contributed by atoms with E-state index in [1.807, 2.05) is 6.07 Å². The van der Waals surface area contributed by atoms with Gasteiger partial charge in [0.1, 0.15) is 11.6 Å². The van der Waals surface area contributed by atoms with Gasteiger partial charge in [-0.15, -0.1) is 0 Å². The van der Waals surface area contributed by atoms with E-state index < -0.39 is 23.2 Å². The van der Waals surface area contributed by atoms with Crippen LogP contribution in [-0.2, 0) is 0 Å². The minimum absolute atomic E-state index is 0.0135. The molecule has 0 saturated carbocycles. The molecule has 0 fully saturated rings. The first-order chi connectivity index (χ1) is 11.0. The molecule has 7 heteroatoms. The van der Waals surface area contributed by atoms with Crippen LogP contribution in [-0.4, -0.2) is 12.6 Å². The van der Waals surface area contributed by atoms with Crippen LogP contribution in [0.5, 0.6) is 11.5 Å². The highest BCUT2D eigenvalue weighted by Crippen LogP contribution is 2.37. The quantitative estimate of drug-likeness (QED) is 0.587. The van der Waals surface area contributed by atoms with Crippen LogP contribution in [0, 0.1) is 23.0 Å². The molecular formula is C16H10BrF2NO3. The van der Waals surface area contributed by atoms with Crippen LogP contribution in [0.4, 0.5) is 8.78 Å². The molecule has 0 bridgehead atoms. The third-order valence-electron chi connectivity index (χ3n) is 2.78. The first-order valence-electron chi connectivity index (χ1n) is 6.50. The van der Waals surface area contributed by atoms with Crippen LogP contribution in [0.2, 0.25) is 0 Å². The minimum Gasteiger partial charge on any atom is -0.490 e. The molecule has 0 spiro atoms. The minimum atomic E-state index is -1.03. The zero-order chi connectivity index (χ0) is 17.0. The number of carbonyl (C=O) groups is 1. The molecule has 2 rings (SSSR count). The molecule has 4 nitrogen and oxygen atoms in total. The molecule has 0 aromatic heterocycles. The highest BCUT2D eigenvalue weighted by Gasteiger charge is 2.20. The summed E-state index contributed by atoms with van der Waals surface area (Å²) in [6, 6.07) is 7.32. The maximum Gasteiger partial charge on any atom is 0.346 e. The summed E-state index contributed by atoms with van der Waals surface area (Å²) in [6.45, 7) is 2.00. The highest BCUT2D eigenvalue weighted by atomic mass is 79.9. The van der Waals surface area contributed by atoms with E-state index in [0.717, 1.165) is 12.1 Å². The van der Waals surface area contributed by atoms with Gasteiger partial charge < -0.3 is 9.47 Å². The van der Waals surface area contributed by atoms with Gasteiger partial charge in [-0.1, -0.05) is 0 Å². The molecule has 0 saturated heterocycles. The molecule has 0 radical (unpaired) electrons. The van der Waals surface area contributed by atoms with E-state index >= 15 is 0 Å². The SMILES string of the molecule is CCOc1cc(C#N)cc(Br)c1OC(=O)c1ccc(F)cc1F. The summed E-state index contributed by atoms with van der Waals surface area (Å²) in [5, 5.41) is 8.95. The Bertz CT molecular complexity index is 803. The summed E-state index contributed by atoms with van der Waals surface area (Å²) in [4.78, 5) is 12.1. The maximum absolute atomic E-state index is 13.6. The number of carbonyl (C=O) groups excluding carboxylic acids is 1. The number of halogens is 3. The molecule has 2 aromatic carbocycles. The lowest BCUT2D eigenvalue weighted by Gasteiger charge is -2.13. The number of nitrogens with zero attached hydrogens (tertiary/aromatic N) is 1. The second-order valence-electron chi connectivity index (χ2n) is 4.34. The van der Waals surface area contributed by atoms with E-state index in [-0.39, 0.29) is 18.1 Å². The van der Waals surface area contributed by atoms with Crippen LogP contribution in [0.1, 0.15) is 22.8 Å². The third-order valence-corrected chi connectivity index (χ3v) is 3.37. The molecule has 23 heavy (non-hydrogen) atoms. The predicted octanol–water partition coefficient (Wildman–Crippen LogP) is 4.22. The van der Waals surface area contributed by atoms with Crippen molar-refractivity contribution >= 4 is 21.9 Å². The predicted molar refractivity (Wildman–Crippen MR) is 81.3 cm³/mol. The Morgan fingerprint density at radius 1 is 1.30 bits per heavy atom. The number of hydrogen-bond acceptors (Lipinski definition) is 4. The van der Waals surface area contributed by atoms with Crippen molar-refractivity contribution in [2.24, 2.45) is 0 Å². The molecule has 0 unspecified atom stereocenters. The number of nitriles is 1. The number of hydrogen-bond donors (Lipinski definition) is 0. The van der Waals surface area contributed by atoms with Gasteiger partial charge in [-0.05, 0) is 41.1 Å². The lowest BCUT2D eigenvalue weighted by atomic mass is 10.2. The van der Waals surface area contributed by atoms with Gasteiger partial charge >= 0.3 is 5.97 Å². The molecule has 2 aromatic rings. The van der Waals surface area contributed by atoms with E-state index in [9.17, 15) is 13.6 Å². The number of benzene rings is 2. The molecule has 0 aliphatic heterocycles. The first-order valence-corrected chi connectivity index (χ1v) is 7.29. The summed E-state index contributed by atoms with van der Waals surface area (Å²) in [7, 11) is 0. The average Bonchev–Trinajstić information content (AvgIpc) is 2.50. The van der Waals surface area contributed by atoms with Gasteiger partial charge in [-0.2, -0.15) is 5.26 Å². The molecular weight excluding hydrogens is 372 g/mol. The van der Waals surface area contributed by atoms with Gasteiger partial charge in [0.05, 0.1) is 28.3 Å². The molecule has 0 aliphatic rings. The fraction of sp³-hybridized carbons (Fsp3) is 0.125. The van der Waals surface area contributed by atoms with Crippen molar-refractivity contribution in [2.75, 3.05) is 6.61 Å². The van der Waals surface area contributed by atoms with E-state index in [1.54, 1.807) is 6.92 Å². The fourth-order valence-corrected chi connectivity index (χ4v) is 2.32. The van der Waals surface area contributed by atoms with Gasteiger partial charge in [-0.25, -0.2) is 13.6 Å². The Hall–Kier alpha value is -2.46. The van der Waals surface area contributed by atoms with Crippen LogP contribution in [0.3, 0.4) is 0 Å². The molecule has 0 amide bonds. The van der Waals surface area contributed by atoms with Crippen molar-refractivity contribution in [1.82, 2.24) is 0 Å². The van der Waals surface area contributed by atoms with Gasteiger partial charge in [-0.3, -0.25) is 0 Å². The van der Waals surface area contributed by atoms with Gasteiger partial charge in [0.25, 0.3) is 0 Å². The largest absolute Gasteiger partial charge is 0.490 e. The highest BCUT2D eigenvalue weighted by molar-refractivity contribution is 9.10. The topological polar surface area (TPSA) is 59.3 Å². The Labute approximate surface area is 139 Å². The van der Waals surface area contributed by atoms with Gasteiger partial charge in [0, 0.05) is 12.1 Å². The standard InChI is InChI=1S/C16H10BrF2NO3/c1-2-22-14-6-9(8-20)5-12(17)15(14)23-16(21)11-4-3-10(18)7-13(11)19/h3-7H,2H2,1H3. The van der Waals surface area contributed by atoms with Crippen LogP contribution < -0.4 is 9.47 Å². The molecule has 0 heterocycles. The van der Waals surface area contributed by atoms with Crippen molar-refractivity contribution in [1.29, 1.82) is 5.26 Å². The smallest absolute Gasteiger partial charge is 0.346 e. The number of esters is 1. The van der Waals surface area contributed by atoms with Crippen LogP contribution in [0.25, 0.3) is 0 Å². The Morgan fingerprint density at radius 3 is 2.65 bits per heavy atom. The van der Waals surface area contributed by atoms with Crippen LogP contribution in [0.15, 0.2) is 34.8 Å². The van der Waals surface area contributed by atoms with Gasteiger partial charge in [0.2, 0.25) is 0 Å². The summed E-state index contributed by atoms with van der Waals surface area (Å²) in [5.41, 5.74) is -0.113. The lowest BCUT2D eigenvalue weighted by molar-refractivity contribution is 0.0722. The van der Waals surface area contributed by atoms with Crippen molar-refractivity contribution in [3.63, 3.8) is 0 Å². The molecule has 0 atom stereocenters.